The molecule has 0 radical (unpaired) electrons. The number of rotatable bonds is 8. The number of carbonyl (C=O) groups excluding carboxylic acids is 3. The van der Waals surface area contributed by atoms with Gasteiger partial charge >= 0.3 is 6.03 Å². The Morgan fingerprint density at radius 3 is 2.30 bits per heavy atom. The molecule has 7 heteroatoms. The van der Waals surface area contributed by atoms with Crippen LogP contribution in [0.4, 0.5) is 10.5 Å². The topological polar surface area (TPSA) is 90.5 Å². The quantitative estimate of drug-likeness (QED) is 0.567. The zero-order valence-corrected chi connectivity index (χ0v) is 18.8. The van der Waals surface area contributed by atoms with E-state index in [4.69, 9.17) is 0 Å². The molecule has 0 bridgehead atoms. The summed E-state index contributed by atoms with van der Waals surface area (Å²) in [7, 11) is 1.62. The molecule has 3 N–H and O–H groups in total. The monoisotopic (exact) mass is 416 g/mol. The molecule has 1 fully saturated rings. The minimum absolute atomic E-state index is 0.00118. The Bertz CT molecular complexity index is 734. The maximum atomic E-state index is 12.4. The third-order valence-corrected chi connectivity index (χ3v) is 5.54. The van der Waals surface area contributed by atoms with Crippen LogP contribution >= 0.6 is 0 Å². The van der Waals surface area contributed by atoms with Gasteiger partial charge in [0.05, 0.1) is 6.54 Å². The highest BCUT2D eigenvalue weighted by Crippen LogP contribution is 2.21. The van der Waals surface area contributed by atoms with Gasteiger partial charge in [0.2, 0.25) is 11.8 Å². The molecular weight excluding hydrogens is 380 g/mol. The molecule has 1 aromatic carbocycles. The number of aryl methyl sites for hydroxylation is 3. The first-order valence-corrected chi connectivity index (χ1v) is 10.9. The molecule has 1 aliphatic rings. The van der Waals surface area contributed by atoms with Gasteiger partial charge in [-0.1, -0.05) is 37.0 Å². The predicted octanol–water partition coefficient (Wildman–Crippen LogP) is 3.42. The highest BCUT2D eigenvalue weighted by atomic mass is 16.2. The Labute approximate surface area is 180 Å². The highest BCUT2D eigenvalue weighted by Gasteiger charge is 2.16. The van der Waals surface area contributed by atoms with Crippen LogP contribution in [-0.4, -0.2) is 48.9 Å². The standard InChI is InChI=1S/C23H36N4O3/c1-16-13-17(2)22(18(3)14-16)26-20(28)15-27(4)21(29)11-8-12-24-23(30)25-19-9-6-5-7-10-19/h13-14,19H,5-12,15H2,1-4H3,(H,26,28)(H2,24,25,30). The maximum absolute atomic E-state index is 12.4. The second-order valence-corrected chi connectivity index (χ2v) is 8.41. The lowest BCUT2D eigenvalue weighted by atomic mass is 9.96. The number of carbonyl (C=O) groups is 3. The lowest BCUT2D eigenvalue weighted by Gasteiger charge is -2.23. The summed E-state index contributed by atoms with van der Waals surface area (Å²) in [5.41, 5.74) is 3.97. The van der Waals surface area contributed by atoms with Crippen LogP contribution in [0.3, 0.4) is 0 Å². The van der Waals surface area contributed by atoms with Crippen molar-refractivity contribution in [1.29, 1.82) is 0 Å². The maximum Gasteiger partial charge on any atom is 0.315 e. The minimum Gasteiger partial charge on any atom is -0.338 e. The van der Waals surface area contributed by atoms with Crippen LogP contribution in [0.1, 0.15) is 61.6 Å². The van der Waals surface area contributed by atoms with Crippen molar-refractivity contribution >= 4 is 23.5 Å². The number of amides is 4. The van der Waals surface area contributed by atoms with Gasteiger partial charge in [-0.15, -0.1) is 0 Å². The lowest BCUT2D eigenvalue weighted by Crippen LogP contribution is -2.43. The van der Waals surface area contributed by atoms with Gasteiger partial charge in [-0.3, -0.25) is 9.59 Å². The molecule has 0 atom stereocenters. The molecule has 1 saturated carbocycles. The molecule has 0 unspecified atom stereocenters. The molecule has 0 aromatic heterocycles. The number of urea groups is 1. The van der Waals surface area contributed by atoms with Crippen LogP contribution in [0, 0.1) is 20.8 Å². The summed E-state index contributed by atoms with van der Waals surface area (Å²) < 4.78 is 0. The second-order valence-electron chi connectivity index (χ2n) is 8.41. The fraction of sp³-hybridized carbons (Fsp3) is 0.609. The molecule has 0 heterocycles. The molecule has 0 spiro atoms. The summed E-state index contributed by atoms with van der Waals surface area (Å²) in [5, 5.41) is 8.72. The Morgan fingerprint density at radius 2 is 1.67 bits per heavy atom. The van der Waals surface area contributed by atoms with Gasteiger partial charge in [-0.2, -0.15) is 0 Å². The Balaban J connectivity index is 1.66. The highest BCUT2D eigenvalue weighted by molar-refractivity contribution is 5.95. The van der Waals surface area contributed by atoms with Crippen molar-refractivity contribution in [2.24, 2.45) is 0 Å². The number of anilines is 1. The van der Waals surface area contributed by atoms with E-state index in [1.165, 1.54) is 24.2 Å². The summed E-state index contributed by atoms with van der Waals surface area (Å²) in [4.78, 5) is 38.0. The van der Waals surface area contributed by atoms with Gasteiger partial charge in [0.25, 0.3) is 0 Å². The average Bonchev–Trinajstić information content (AvgIpc) is 2.68. The van der Waals surface area contributed by atoms with Gasteiger partial charge < -0.3 is 20.9 Å². The first-order chi connectivity index (χ1) is 14.3. The van der Waals surface area contributed by atoms with Crippen LogP contribution in [0.25, 0.3) is 0 Å². The third-order valence-electron chi connectivity index (χ3n) is 5.54. The molecule has 2 rings (SSSR count). The molecule has 1 aliphatic carbocycles. The summed E-state index contributed by atoms with van der Waals surface area (Å²) >= 11 is 0. The summed E-state index contributed by atoms with van der Waals surface area (Å²) in [6.45, 7) is 6.38. The van der Waals surface area contributed by atoms with Crippen molar-refractivity contribution in [3.8, 4) is 0 Å². The van der Waals surface area contributed by atoms with E-state index in [1.807, 2.05) is 32.9 Å². The largest absolute Gasteiger partial charge is 0.338 e. The lowest BCUT2D eigenvalue weighted by molar-refractivity contribution is -0.133. The van der Waals surface area contributed by atoms with Crippen molar-refractivity contribution in [2.75, 3.05) is 25.5 Å². The van der Waals surface area contributed by atoms with Crippen LogP contribution in [0.5, 0.6) is 0 Å². The molecule has 4 amide bonds. The van der Waals surface area contributed by atoms with Crippen LogP contribution < -0.4 is 16.0 Å². The van der Waals surface area contributed by atoms with E-state index in [1.54, 1.807) is 7.05 Å². The Kier molecular flexibility index (Phi) is 9.15. The third kappa shape index (κ3) is 7.69. The van der Waals surface area contributed by atoms with E-state index in [-0.39, 0.29) is 36.9 Å². The summed E-state index contributed by atoms with van der Waals surface area (Å²) in [5.74, 6) is -0.331. The predicted molar refractivity (Wildman–Crippen MR) is 120 cm³/mol. The first kappa shape index (κ1) is 23.7. The van der Waals surface area contributed by atoms with E-state index in [0.29, 0.717) is 13.0 Å². The molecule has 30 heavy (non-hydrogen) atoms. The van der Waals surface area contributed by atoms with Crippen molar-refractivity contribution in [3.05, 3.63) is 28.8 Å². The van der Waals surface area contributed by atoms with Crippen molar-refractivity contribution in [2.45, 2.75) is 71.8 Å². The van der Waals surface area contributed by atoms with Gasteiger partial charge in [0, 0.05) is 31.7 Å². The van der Waals surface area contributed by atoms with E-state index in [2.05, 4.69) is 16.0 Å². The van der Waals surface area contributed by atoms with Crippen molar-refractivity contribution < 1.29 is 14.4 Å². The van der Waals surface area contributed by atoms with E-state index in [9.17, 15) is 14.4 Å². The fourth-order valence-corrected chi connectivity index (χ4v) is 3.98. The number of hydrogen-bond acceptors (Lipinski definition) is 3. The molecule has 0 saturated heterocycles. The smallest absolute Gasteiger partial charge is 0.315 e. The molecule has 0 aliphatic heterocycles. The number of likely N-dealkylation sites (N-methyl/N-ethyl adjacent to an activating group) is 1. The van der Waals surface area contributed by atoms with E-state index >= 15 is 0 Å². The second kappa shape index (κ2) is 11.6. The number of nitrogens with zero attached hydrogens (tertiary/aromatic N) is 1. The van der Waals surface area contributed by atoms with Gasteiger partial charge in [-0.25, -0.2) is 4.79 Å². The Hall–Kier alpha value is -2.57. The zero-order valence-electron chi connectivity index (χ0n) is 18.8. The molecule has 1 aromatic rings. The molecular formula is C23H36N4O3. The number of nitrogens with one attached hydrogen (secondary N) is 3. The van der Waals surface area contributed by atoms with Crippen LogP contribution in [0.15, 0.2) is 12.1 Å². The van der Waals surface area contributed by atoms with Crippen molar-refractivity contribution in [1.82, 2.24) is 15.5 Å². The normalized spacial score (nSPS) is 14.1. The average molecular weight is 417 g/mol. The van der Waals surface area contributed by atoms with E-state index < -0.39 is 0 Å². The van der Waals surface area contributed by atoms with Gasteiger partial charge in [0.15, 0.2) is 0 Å². The van der Waals surface area contributed by atoms with E-state index in [0.717, 1.165) is 35.2 Å². The first-order valence-electron chi connectivity index (χ1n) is 10.9. The van der Waals surface area contributed by atoms with Crippen LogP contribution in [-0.2, 0) is 9.59 Å². The number of benzene rings is 1. The van der Waals surface area contributed by atoms with Gasteiger partial charge in [-0.05, 0) is 51.2 Å². The molecule has 7 nitrogen and oxygen atoms in total. The molecule has 166 valence electrons. The summed E-state index contributed by atoms with van der Waals surface area (Å²) in [6, 6.07) is 4.15. The SMILES string of the molecule is Cc1cc(C)c(NC(=O)CN(C)C(=O)CCCNC(=O)NC2CCCCC2)c(C)c1. The zero-order chi connectivity index (χ0) is 22.1. The fourth-order valence-electron chi connectivity index (χ4n) is 3.98. The minimum atomic E-state index is -0.217. The van der Waals surface area contributed by atoms with Gasteiger partial charge in [0.1, 0.15) is 0 Å². The van der Waals surface area contributed by atoms with Crippen molar-refractivity contribution in [3.63, 3.8) is 0 Å². The number of hydrogen-bond donors (Lipinski definition) is 3. The summed E-state index contributed by atoms with van der Waals surface area (Å²) in [6.07, 6.45) is 6.50. The Morgan fingerprint density at radius 1 is 1.03 bits per heavy atom. The van der Waals surface area contributed by atoms with Crippen LogP contribution in [0.2, 0.25) is 0 Å².